The molecule has 4 aromatic carbocycles. The van der Waals surface area contributed by atoms with Crippen LogP contribution in [0.3, 0.4) is 0 Å². The lowest BCUT2D eigenvalue weighted by molar-refractivity contribution is -0.145. The highest BCUT2D eigenvalue weighted by atomic mass is 32.1. The zero-order valence-electron chi connectivity index (χ0n) is 25.5. The number of carbonyl (C=O) groups excluding carboxylic acids is 2. The third-order valence-corrected chi connectivity index (χ3v) is 8.05. The molecule has 0 heterocycles. The van der Waals surface area contributed by atoms with E-state index in [2.05, 4.69) is 98.1 Å². The Morgan fingerprint density at radius 3 is 1.33 bits per heavy atom. The molecule has 46 heavy (non-hydrogen) atoms. The van der Waals surface area contributed by atoms with Crippen LogP contribution >= 0.6 is 25.3 Å². The fourth-order valence-corrected chi connectivity index (χ4v) is 6.15. The van der Waals surface area contributed by atoms with E-state index in [1.54, 1.807) is 0 Å². The Labute approximate surface area is 283 Å². The van der Waals surface area contributed by atoms with Gasteiger partial charge in [-0.1, -0.05) is 94.1 Å². The average molecular weight is 659 g/mol. The van der Waals surface area contributed by atoms with Gasteiger partial charge in [0.25, 0.3) is 0 Å². The zero-order valence-corrected chi connectivity index (χ0v) is 27.3. The average Bonchev–Trinajstić information content (AvgIpc) is 3.33. The molecule has 0 bridgehead atoms. The Kier molecular flexibility index (Phi) is 12.2. The number of hydrogen-bond acceptors (Lipinski definition) is 8. The number of esters is 2. The van der Waals surface area contributed by atoms with Crippen LogP contribution in [0.4, 0.5) is 0 Å². The van der Waals surface area contributed by atoms with Gasteiger partial charge in [-0.05, 0) is 57.6 Å². The Morgan fingerprint density at radius 2 is 0.957 bits per heavy atom. The molecule has 1 aliphatic carbocycles. The number of benzene rings is 4. The fourth-order valence-electron chi connectivity index (χ4n) is 5.86. The molecular weight excluding hydrogens is 617 g/mol. The molecule has 8 heteroatoms. The van der Waals surface area contributed by atoms with Crippen molar-refractivity contribution < 1.29 is 28.5 Å². The van der Waals surface area contributed by atoms with Gasteiger partial charge in [0.05, 0.1) is 18.3 Å². The Hall–Kier alpha value is -3.88. The Morgan fingerprint density at radius 1 is 0.587 bits per heavy atom. The monoisotopic (exact) mass is 658 g/mol. The summed E-state index contributed by atoms with van der Waals surface area (Å²) < 4.78 is 22.3. The molecule has 0 saturated carbocycles. The first kappa shape index (κ1) is 35.0. The van der Waals surface area contributed by atoms with Crippen LogP contribution < -0.4 is 9.47 Å². The van der Waals surface area contributed by atoms with Gasteiger partial charge in [-0.15, -0.1) is 0 Å². The predicted octanol–water partition coefficient (Wildman–Crippen LogP) is 7.95. The highest BCUT2D eigenvalue weighted by Gasteiger charge is 2.45. The first-order chi connectivity index (χ1) is 21.8. The van der Waals surface area contributed by atoms with E-state index in [1.807, 2.05) is 38.1 Å². The van der Waals surface area contributed by atoms with Crippen molar-refractivity contribution in [1.82, 2.24) is 0 Å². The van der Waals surface area contributed by atoms with Crippen molar-refractivity contribution in [2.45, 2.75) is 50.0 Å². The molecule has 1 aliphatic rings. The lowest BCUT2D eigenvalue weighted by atomic mass is 9.68. The summed E-state index contributed by atoms with van der Waals surface area (Å²) in [5, 5.41) is -0.0898. The molecule has 0 spiro atoms. The van der Waals surface area contributed by atoms with Crippen molar-refractivity contribution in [1.29, 1.82) is 0 Å². The van der Waals surface area contributed by atoms with Crippen LogP contribution in [-0.2, 0) is 24.5 Å². The van der Waals surface area contributed by atoms with Crippen LogP contribution in [0.5, 0.6) is 11.5 Å². The Bertz CT molecular complexity index is 1480. The van der Waals surface area contributed by atoms with Crippen LogP contribution in [0.1, 0.15) is 56.4 Å². The van der Waals surface area contributed by atoms with E-state index in [0.717, 1.165) is 11.1 Å². The number of thiol groups is 2. The van der Waals surface area contributed by atoms with Gasteiger partial charge in [0.15, 0.2) is 0 Å². The summed E-state index contributed by atoms with van der Waals surface area (Å²) in [5.74, 6) is 0.826. The van der Waals surface area contributed by atoms with Crippen molar-refractivity contribution in [3.63, 3.8) is 0 Å². The van der Waals surface area contributed by atoms with Gasteiger partial charge in [0.2, 0.25) is 0 Å². The SMILES string of the molecule is C.CC(S)CC(=O)OCCOc1ccc(C2(c3ccc(OCCOC(=O)CC(C)S)cc3)c3ccccc3-c3ccccc32)cc1. The molecule has 242 valence electrons. The second-order valence-electron chi connectivity index (χ2n) is 11.1. The smallest absolute Gasteiger partial charge is 0.307 e. The maximum Gasteiger partial charge on any atom is 0.307 e. The molecule has 4 aromatic rings. The normalized spacial score (nSPS) is 13.7. The largest absolute Gasteiger partial charge is 0.490 e. The lowest BCUT2D eigenvalue weighted by Crippen LogP contribution is -2.28. The first-order valence-corrected chi connectivity index (χ1v) is 16.2. The van der Waals surface area contributed by atoms with E-state index in [1.165, 1.54) is 22.3 Å². The van der Waals surface area contributed by atoms with Crippen molar-refractivity contribution in [3.8, 4) is 22.6 Å². The zero-order chi connectivity index (χ0) is 31.8. The van der Waals surface area contributed by atoms with E-state index >= 15 is 0 Å². The van der Waals surface area contributed by atoms with Gasteiger partial charge in [0.1, 0.15) is 37.9 Å². The summed E-state index contributed by atoms with van der Waals surface area (Å²) in [7, 11) is 0. The Balaban J connectivity index is 0.00000480. The summed E-state index contributed by atoms with van der Waals surface area (Å²) in [4.78, 5) is 23.6. The van der Waals surface area contributed by atoms with E-state index < -0.39 is 5.41 Å². The van der Waals surface area contributed by atoms with E-state index in [9.17, 15) is 9.59 Å². The lowest BCUT2D eigenvalue weighted by Gasteiger charge is -2.34. The summed E-state index contributed by atoms with van der Waals surface area (Å²) in [6, 6.07) is 33.3. The maximum atomic E-state index is 11.8. The molecule has 0 radical (unpaired) electrons. The number of hydrogen-bond donors (Lipinski definition) is 2. The second-order valence-corrected chi connectivity index (χ2v) is 12.9. The van der Waals surface area contributed by atoms with Gasteiger partial charge in [-0.2, -0.15) is 25.3 Å². The molecule has 2 unspecified atom stereocenters. The fraction of sp³-hybridized carbons (Fsp3) is 0.316. The second kappa shape index (κ2) is 16.1. The highest BCUT2D eigenvalue weighted by Crippen LogP contribution is 2.56. The van der Waals surface area contributed by atoms with Gasteiger partial charge in [-0.25, -0.2) is 0 Å². The minimum atomic E-state index is -0.567. The van der Waals surface area contributed by atoms with Crippen LogP contribution in [0, 0.1) is 0 Å². The molecule has 2 atom stereocenters. The number of ether oxygens (including phenoxy) is 4. The number of carbonyl (C=O) groups is 2. The van der Waals surface area contributed by atoms with E-state index in [-0.39, 0.29) is 69.1 Å². The van der Waals surface area contributed by atoms with Crippen molar-refractivity contribution in [2.75, 3.05) is 26.4 Å². The van der Waals surface area contributed by atoms with Crippen LogP contribution in [0.15, 0.2) is 97.1 Å². The molecule has 5 rings (SSSR count). The summed E-state index contributed by atoms with van der Waals surface area (Å²) in [6.45, 7) is 4.59. The summed E-state index contributed by atoms with van der Waals surface area (Å²) >= 11 is 8.47. The maximum absolute atomic E-state index is 11.8. The molecule has 0 aromatic heterocycles. The molecule has 0 aliphatic heterocycles. The van der Waals surface area contributed by atoms with E-state index in [0.29, 0.717) is 11.5 Å². The standard InChI is InChI=1S/C37H38O6S2.CH4/c1-25(44)23-35(38)42-21-19-40-29-15-11-27(12-16-29)37(33-9-5-3-7-31(33)32-8-4-6-10-34(32)37)28-13-17-30(18-14-28)41-20-22-43-36(39)24-26(2)45;/h3-18,25-26,44-45H,19-24H2,1-2H3;1H4. The summed E-state index contributed by atoms with van der Waals surface area (Å²) in [5.41, 5.74) is 6.42. The van der Waals surface area contributed by atoms with Gasteiger partial charge < -0.3 is 18.9 Å². The quantitative estimate of drug-likeness (QED) is 0.0717. The van der Waals surface area contributed by atoms with Gasteiger partial charge in [0, 0.05) is 10.5 Å². The van der Waals surface area contributed by atoms with Crippen molar-refractivity contribution >= 4 is 37.2 Å². The molecular formula is C38H42O6S2. The molecule has 0 amide bonds. The van der Waals surface area contributed by atoms with E-state index in [4.69, 9.17) is 18.9 Å². The first-order valence-electron chi connectivity index (χ1n) is 15.1. The van der Waals surface area contributed by atoms with Crippen LogP contribution in [-0.4, -0.2) is 48.9 Å². The van der Waals surface area contributed by atoms with Crippen molar-refractivity contribution in [3.05, 3.63) is 119 Å². The van der Waals surface area contributed by atoms with Crippen LogP contribution in [0.2, 0.25) is 0 Å². The van der Waals surface area contributed by atoms with Crippen molar-refractivity contribution in [2.24, 2.45) is 0 Å². The molecule has 0 N–H and O–H groups in total. The minimum absolute atomic E-state index is 0. The topological polar surface area (TPSA) is 71.1 Å². The third kappa shape index (κ3) is 7.91. The number of fused-ring (bicyclic) bond motifs is 3. The van der Waals surface area contributed by atoms with Gasteiger partial charge >= 0.3 is 11.9 Å². The third-order valence-electron chi connectivity index (χ3n) is 7.68. The van der Waals surface area contributed by atoms with Crippen LogP contribution in [0.25, 0.3) is 11.1 Å². The minimum Gasteiger partial charge on any atom is -0.490 e. The van der Waals surface area contributed by atoms with Gasteiger partial charge in [-0.3, -0.25) is 9.59 Å². The summed E-state index contributed by atoms with van der Waals surface area (Å²) in [6.07, 6.45) is 0.531. The molecule has 0 fully saturated rings. The molecule has 6 nitrogen and oxygen atoms in total. The highest BCUT2D eigenvalue weighted by molar-refractivity contribution is 7.81. The number of rotatable bonds is 14. The molecule has 0 saturated heterocycles. The predicted molar refractivity (Wildman–Crippen MR) is 190 cm³/mol.